The summed E-state index contributed by atoms with van der Waals surface area (Å²) in [5.41, 5.74) is 1.34. The Morgan fingerprint density at radius 2 is 1.90 bits per heavy atom. The second kappa shape index (κ2) is 7.73. The van der Waals surface area contributed by atoms with E-state index in [4.69, 9.17) is 4.52 Å². The summed E-state index contributed by atoms with van der Waals surface area (Å²) in [5, 5.41) is 10.4. The number of hydrogen-bond donors (Lipinski definition) is 1. The van der Waals surface area contributed by atoms with Gasteiger partial charge in [0.1, 0.15) is 16.5 Å². The lowest BCUT2D eigenvalue weighted by Crippen LogP contribution is -2.38. The van der Waals surface area contributed by atoms with Crippen LogP contribution in [0.3, 0.4) is 0 Å². The van der Waals surface area contributed by atoms with Gasteiger partial charge in [-0.1, -0.05) is 5.16 Å². The lowest BCUT2D eigenvalue weighted by molar-refractivity contribution is 0.314. The van der Waals surface area contributed by atoms with Gasteiger partial charge in [-0.2, -0.15) is 9.40 Å². The Bertz CT molecular complexity index is 1250. The van der Waals surface area contributed by atoms with Crippen LogP contribution in [0.4, 0.5) is 8.78 Å². The SMILES string of the molecule is Cc1cc(-c2cc(=O)[nH]nc2C2CCN(S(=O)(=O)c3ccc(F)cc3F)CC2)on1. The average Bonchev–Trinajstić information content (AvgIpc) is 3.14. The van der Waals surface area contributed by atoms with Crippen molar-refractivity contribution in [3.8, 4) is 11.3 Å². The number of halogens is 2. The molecule has 0 atom stereocenters. The average molecular weight is 436 g/mol. The van der Waals surface area contributed by atoms with E-state index in [1.54, 1.807) is 13.0 Å². The van der Waals surface area contributed by atoms with Gasteiger partial charge in [0.05, 0.1) is 11.4 Å². The van der Waals surface area contributed by atoms with E-state index in [1.165, 1.54) is 10.4 Å². The van der Waals surface area contributed by atoms with Crippen molar-refractivity contribution < 1.29 is 21.7 Å². The maximum atomic E-state index is 14.0. The van der Waals surface area contributed by atoms with Crippen molar-refractivity contribution in [1.82, 2.24) is 19.7 Å². The van der Waals surface area contributed by atoms with E-state index < -0.39 is 32.1 Å². The molecule has 0 spiro atoms. The fraction of sp³-hybridized carbons (Fsp3) is 0.316. The number of piperidine rings is 1. The summed E-state index contributed by atoms with van der Waals surface area (Å²) in [7, 11) is -4.10. The topological polar surface area (TPSA) is 109 Å². The highest BCUT2D eigenvalue weighted by atomic mass is 32.2. The molecule has 2 aromatic heterocycles. The summed E-state index contributed by atoms with van der Waals surface area (Å²) < 4.78 is 59.1. The zero-order valence-electron chi connectivity index (χ0n) is 15.9. The molecule has 0 saturated carbocycles. The highest BCUT2D eigenvalue weighted by Crippen LogP contribution is 2.35. The quantitative estimate of drug-likeness (QED) is 0.673. The van der Waals surface area contributed by atoms with Crippen molar-refractivity contribution in [3.05, 3.63) is 63.7 Å². The second-order valence-electron chi connectivity index (χ2n) is 7.12. The van der Waals surface area contributed by atoms with E-state index in [0.29, 0.717) is 41.6 Å². The van der Waals surface area contributed by atoms with Gasteiger partial charge in [0, 0.05) is 42.8 Å². The van der Waals surface area contributed by atoms with E-state index >= 15 is 0 Å². The van der Waals surface area contributed by atoms with E-state index in [2.05, 4.69) is 15.4 Å². The molecule has 1 fully saturated rings. The minimum Gasteiger partial charge on any atom is -0.356 e. The van der Waals surface area contributed by atoms with Crippen molar-refractivity contribution in [3.63, 3.8) is 0 Å². The van der Waals surface area contributed by atoms with Crippen molar-refractivity contribution in [2.75, 3.05) is 13.1 Å². The van der Waals surface area contributed by atoms with Crippen LogP contribution in [-0.2, 0) is 10.0 Å². The van der Waals surface area contributed by atoms with Crippen LogP contribution in [0.2, 0.25) is 0 Å². The first-order chi connectivity index (χ1) is 14.3. The highest BCUT2D eigenvalue weighted by Gasteiger charge is 2.33. The molecule has 3 aromatic rings. The number of aryl methyl sites for hydroxylation is 1. The molecule has 8 nitrogen and oxygen atoms in total. The maximum Gasteiger partial charge on any atom is 0.264 e. The van der Waals surface area contributed by atoms with Gasteiger partial charge in [0.15, 0.2) is 5.76 Å². The Balaban J connectivity index is 1.58. The highest BCUT2D eigenvalue weighted by molar-refractivity contribution is 7.89. The van der Waals surface area contributed by atoms with Gasteiger partial charge >= 0.3 is 0 Å². The third-order valence-electron chi connectivity index (χ3n) is 5.08. The Kier molecular flexibility index (Phi) is 5.24. The van der Waals surface area contributed by atoms with Crippen LogP contribution in [0.5, 0.6) is 0 Å². The number of nitrogens with zero attached hydrogens (tertiary/aromatic N) is 3. The van der Waals surface area contributed by atoms with Crippen LogP contribution >= 0.6 is 0 Å². The molecule has 4 rings (SSSR count). The summed E-state index contributed by atoms with van der Waals surface area (Å²) in [6.07, 6.45) is 0.808. The molecule has 158 valence electrons. The van der Waals surface area contributed by atoms with Crippen LogP contribution in [0.1, 0.15) is 30.1 Å². The Morgan fingerprint density at radius 3 is 2.53 bits per heavy atom. The number of aromatic nitrogens is 3. The maximum absolute atomic E-state index is 14.0. The Labute approximate surface area is 170 Å². The van der Waals surface area contributed by atoms with Crippen molar-refractivity contribution >= 4 is 10.0 Å². The van der Waals surface area contributed by atoms with Gasteiger partial charge in [0.2, 0.25) is 10.0 Å². The normalized spacial score (nSPS) is 16.1. The Morgan fingerprint density at radius 1 is 1.17 bits per heavy atom. The zero-order chi connectivity index (χ0) is 21.5. The van der Waals surface area contributed by atoms with Crippen molar-refractivity contribution in [2.45, 2.75) is 30.6 Å². The van der Waals surface area contributed by atoms with Gasteiger partial charge in [-0.3, -0.25) is 4.79 Å². The molecule has 1 saturated heterocycles. The summed E-state index contributed by atoms with van der Waals surface area (Å²) >= 11 is 0. The van der Waals surface area contributed by atoms with Gasteiger partial charge in [-0.25, -0.2) is 22.3 Å². The largest absolute Gasteiger partial charge is 0.356 e. The molecule has 30 heavy (non-hydrogen) atoms. The molecule has 11 heteroatoms. The van der Waals surface area contributed by atoms with Crippen LogP contribution in [0.15, 0.2) is 44.5 Å². The molecule has 0 aliphatic carbocycles. The molecule has 1 aromatic carbocycles. The fourth-order valence-corrected chi connectivity index (χ4v) is 5.12. The monoisotopic (exact) mass is 436 g/mol. The molecule has 3 heterocycles. The van der Waals surface area contributed by atoms with Crippen molar-refractivity contribution in [1.29, 1.82) is 0 Å². The lowest BCUT2D eigenvalue weighted by atomic mass is 9.91. The summed E-state index contributed by atoms with van der Waals surface area (Å²) in [5.74, 6) is -1.71. The number of nitrogens with one attached hydrogen (secondary N) is 1. The first kappa shape index (κ1) is 20.4. The molecule has 0 radical (unpaired) electrons. The molecular formula is C19H18F2N4O4S. The summed E-state index contributed by atoms with van der Waals surface area (Å²) in [6, 6.07) is 5.46. The van der Waals surface area contributed by atoms with Gasteiger partial charge in [0.25, 0.3) is 5.56 Å². The first-order valence-electron chi connectivity index (χ1n) is 9.24. The predicted molar refractivity (Wildman–Crippen MR) is 102 cm³/mol. The van der Waals surface area contributed by atoms with Crippen LogP contribution in [-0.4, -0.2) is 41.2 Å². The number of rotatable bonds is 4. The van der Waals surface area contributed by atoms with E-state index in [9.17, 15) is 22.0 Å². The number of hydrogen-bond acceptors (Lipinski definition) is 6. The van der Waals surface area contributed by atoms with Crippen LogP contribution < -0.4 is 5.56 Å². The third-order valence-corrected chi connectivity index (χ3v) is 7.02. The first-order valence-corrected chi connectivity index (χ1v) is 10.7. The van der Waals surface area contributed by atoms with Crippen LogP contribution in [0.25, 0.3) is 11.3 Å². The minimum absolute atomic E-state index is 0.124. The van der Waals surface area contributed by atoms with E-state index in [0.717, 1.165) is 12.1 Å². The number of benzene rings is 1. The molecule has 0 bridgehead atoms. The fourth-order valence-electron chi connectivity index (χ4n) is 3.61. The summed E-state index contributed by atoms with van der Waals surface area (Å²) in [6.45, 7) is 2.00. The second-order valence-corrected chi connectivity index (χ2v) is 9.02. The smallest absolute Gasteiger partial charge is 0.264 e. The summed E-state index contributed by atoms with van der Waals surface area (Å²) in [4.78, 5) is 11.2. The predicted octanol–water partition coefficient (Wildman–Crippen LogP) is 2.58. The van der Waals surface area contributed by atoms with E-state index in [-0.39, 0.29) is 19.0 Å². The molecule has 0 amide bonds. The number of aromatic amines is 1. The molecule has 1 N–H and O–H groups in total. The molecule has 1 aliphatic rings. The number of H-pyrrole nitrogens is 1. The minimum atomic E-state index is -4.10. The zero-order valence-corrected chi connectivity index (χ0v) is 16.7. The van der Waals surface area contributed by atoms with Gasteiger partial charge < -0.3 is 4.52 Å². The van der Waals surface area contributed by atoms with Gasteiger partial charge in [-0.15, -0.1) is 0 Å². The lowest BCUT2D eigenvalue weighted by Gasteiger charge is -2.31. The number of sulfonamides is 1. The Hall–Kier alpha value is -2.92. The molecular weight excluding hydrogens is 418 g/mol. The van der Waals surface area contributed by atoms with Crippen LogP contribution in [0, 0.1) is 18.6 Å². The molecule has 1 aliphatic heterocycles. The molecule has 0 unspecified atom stereocenters. The van der Waals surface area contributed by atoms with Gasteiger partial charge in [-0.05, 0) is 31.9 Å². The third kappa shape index (κ3) is 3.77. The van der Waals surface area contributed by atoms with E-state index in [1.807, 2.05) is 0 Å². The standard InChI is InChI=1S/C19H18F2N4O4S/c1-11-8-16(29-24-11)14-10-18(26)22-23-19(14)12-4-6-25(7-5-12)30(27,28)17-3-2-13(20)9-15(17)21/h2-3,8-10,12H,4-7H2,1H3,(H,22,26). The van der Waals surface area contributed by atoms with Crippen molar-refractivity contribution in [2.24, 2.45) is 0 Å².